The highest BCUT2D eigenvalue weighted by Gasteiger charge is 2.21. The number of carbonyl (C=O) groups excluding carboxylic acids is 1. The van der Waals surface area contributed by atoms with Gasteiger partial charge in [0.25, 0.3) is 5.91 Å². The molecule has 6 nitrogen and oxygen atoms in total. The van der Waals surface area contributed by atoms with Crippen molar-refractivity contribution in [2.45, 2.75) is 0 Å². The molecule has 144 valence electrons. The number of H-pyrrole nitrogens is 1. The Morgan fingerprint density at radius 2 is 1.79 bits per heavy atom. The van der Waals surface area contributed by atoms with Crippen molar-refractivity contribution in [3.05, 3.63) is 65.4 Å². The molecule has 6 heteroatoms. The van der Waals surface area contributed by atoms with Gasteiger partial charge in [0.15, 0.2) is 0 Å². The van der Waals surface area contributed by atoms with E-state index < -0.39 is 0 Å². The van der Waals surface area contributed by atoms with Gasteiger partial charge >= 0.3 is 0 Å². The minimum atomic E-state index is 0.0671. The lowest BCUT2D eigenvalue weighted by atomic mass is 10.1. The van der Waals surface area contributed by atoms with Crippen LogP contribution in [0.4, 0.5) is 0 Å². The van der Waals surface area contributed by atoms with Crippen molar-refractivity contribution in [1.29, 1.82) is 0 Å². The van der Waals surface area contributed by atoms with Gasteiger partial charge in [0, 0.05) is 43.7 Å². The molecule has 0 spiro atoms. The number of β-amino-alcohol motifs (C(OH)–C–C–N with tert-alkyl or cyclic N) is 1. The van der Waals surface area contributed by atoms with Crippen LogP contribution >= 0.6 is 0 Å². The predicted octanol–water partition coefficient (Wildman–Crippen LogP) is 2.48. The molecule has 2 heterocycles. The predicted molar refractivity (Wildman–Crippen MR) is 111 cm³/mol. The quantitative estimate of drug-likeness (QED) is 0.718. The molecule has 28 heavy (non-hydrogen) atoms. The van der Waals surface area contributed by atoms with Crippen molar-refractivity contribution in [3.8, 4) is 0 Å². The molecule has 1 fully saturated rings. The van der Waals surface area contributed by atoms with Crippen LogP contribution in [-0.2, 0) is 0 Å². The van der Waals surface area contributed by atoms with Gasteiger partial charge in [-0.1, -0.05) is 36.4 Å². The van der Waals surface area contributed by atoms with Gasteiger partial charge < -0.3 is 10.0 Å². The number of hydrogen-bond donors (Lipinski definition) is 2. The summed E-state index contributed by atoms with van der Waals surface area (Å²) in [7, 11) is 0. The van der Waals surface area contributed by atoms with E-state index >= 15 is 0 Å². The van der Waals surface area contributed by atoms with E-state index in [2.05, 4.69) is 15.1 Å². The Balaban J connectivity index is 1.40. The van der Waals surface area contributed by atoms with Gasteiger partial charge in [-0.05, 0) is 29.8 Å². The molecule has 0 bridgehead atoms. The summed E-state index contributed by atoms with van der Waals surface area (Å²) >= 11 is 0. The van der Waals surface area contributed by atoms with E-state index in [4.69, 9.17) is 5.11 Å². The van der Waals surface area contributed by atoms with Crippen molar-refractivity contribution in [1.82, 2.24) is 20.0 Å². The number of fused-ring (bicyclic) bond motifs is 1. The van der Waals surface area contributed by atoms with Crippen molar-refractivity contribution < 1.29 is 9.90 Å². The molecule has 1 aliphatic heterocycles. The number of aliphatic hydroxyl groups excluding tert-OH is 1. The first-order valence-corrected chi connectivity index (χ1v) is 9.58. The Morgan fingerprint density at radius 1 is 1.04 bits per heavy atom. The van der Waals surface area contributed by atoms with E-state index in [0.717, 1.165) is 35.2 Å². The number of aromatic nitrogens is 2. The standard InChI is InChI=1S/C22H24N4O2/c27-16-15-25-11-13-26(14-12-25)22(28)18-8-5-17(6-9-18)7-10-21-19-3-1-2-4-20(19)23-24-21/h1-10,27H,11-16H2,(H,23,24). The highest BCUT2D eigenvalue weighted by Crippen LogP contribution is 2.18. The van der Waals surface area contributed by atoms with Gasteiger partial charge in [-0.3, -0.25) is 14.8 Å². The highest BCUT2D eigenvalue weighted by atomic mass is 16.3. The van der Waals surface area contributed by atoms with Crippen LogP contribution in [0.25, 0.3) is 23.1 Å². The number of para-hydroxylation sites is 1. The third kappa shape index (κ3) is 3.98. The van der Waals surface area contributed by atoms with Gasteiger partial charge in [0.05, 0.1) is 17.8 Å². The minimum absolute atomic E-state index is 0.0671. The maximum Gasteiger partial charge on any atom is 0.253 e. The number of rotatable bonds is 5. The first-order valence-electron chi connectivity index (χ1n) is 9.58. The zero-order chi connectivity index (χ0) is 19.3. The number of hydrogen-bond acceptors (Lipinski definition) is 4. The summed E-state index contributed by atoms with van der Waals surface area (Å²) in [6, 6.07) is 15.7. The van der Waals surface area contributed by atoms with Gasteiger partial charge in [0.1, 0.15) is 0 Å². The van der Waals surface area contributed by atoms with Crippen LogP contribution in [0.5, 0.6) is 0 Å². The first kappa shape index (κ1) is 18.4. The number of nitrogens with one attached hydrogen (secondary N) is 1. The van der Waals surface area contributed by atoms with Gasteiger partial charge in [-0.25, -0.2) is 0 Å². The fourth-order valence-electron chi connectivity index (χ4n) is 3.52. The average molecular weight is 376 g/mol. The zero-order valence-corrected chi connectivity index (χ0v) is 15.7. The second kappa shape index (κ2) is 8.37. The van der Waals surface area contributed by atoms with Gasteiger partial charge in [0.2, 0.25) is 0 Å². The molecule has 2 N–H and O–H groups in total. The number of amides is 1. The minimum Gasteiger partial charge on any atom is -0.395 e. The van der Waals surface area contributed by atoms with E-state index in [0.29, 0.717) is 25.2 Å². The Bertz CT molecular complexity index is 970. The Morgan fingerprint density at radius 3 is 2.54 bits per heavy atom. The monoisotopic (exact) mass is 376 g/mol. The van der Waals surface area contributed by atoms with Crippen LogP contribution < -0.4 is 0 Å². The second-order valence-electron chi connectivity index (χ2n) is 6.97. The topological polar surface area (TPSA) is 72.5 Å². The number of carbonyl (C=O) groups is 1. The lowest BCUT2D eigenvalue weighted by Gasteiger charge is -2.34. The summed E-state index contributed by atoms with van der Waals surface area (Å²) in [5, 5.41) is 17.5. The summed E-state index contributed by atoms with van der Waals surface area (Å²) in [4.78, 5) is 16.8. The van der Waals surface area contributed by atoms with E-state index in [1.807, 2.05) is 65.6 Å². The molecule has 1 aromatic heterocycles. The normalized spacial score (nSPS) is 15.5. The molecule has 4 rings (SSSR count). The zero-order valence-electron chi connectivity index (χ0n) is 15.7. The van der Waals surface area contributed by atoms with Crippen molar-refractivity contribution >= 4 is 29.0 Å². The summed E-state index contributed by atoms with van der Waals surface area (Å²) in [5.74, 6) is 0.0671. The summed E-state index contributed by atoms with van der Waals surface area (Å²) < 4.78 is 0. The third-order valence-electron chi connectivity index (χ3n) is 5.17. The van der Waals surface area contributed by atoms with Gasteiger partial charge in [-0.15, -0.1) is 0 Å². The highest BCUT2D eigenvalue weighted by molar-refractivity contribution is 5.95. The summed E-state index contributed by atoms with van der Waals surface area (Å²) in [6.45, 7) is 3.86. The number of aliphatic hydroxyl groups is 1. The fraction of sp³-hybridized carbons (Fsp3) is 0.273. The van der Waals surface area contributed by atoms with Crippen molar-refractivity contribution in [2.24, 2.45) is 0 Å². The van der Waals surface area contributed by atoms with Crippen LogP contribution in [0.3, 0.4) is 0 Å². The maximum absolute atomic E-state index is 12.7. The van der Waals surface area contributed by atoms with Crippen LogP contribution in [0.15, 0.2) is 48.5 Å². The van der Waals surface area contributed by atoms with Crippen molar-refractivity contribution in [2.75, 3.05) is 39.3 Å². The average Bonchev–Trinajstić information content (AvgIpc) is 3.16. The number of aromatic amines is 1. The molecule has 1 saturated heterocycles. The summed E-state index contributed by atoms with van der Waals surface area (Å²) in [6.07, 6.45) is 3.99. The van der Waals surface area contributed by atoms with E-state index in [1.165, 1.54) is 0 Å². The Labute approximate surface area is 164 Å². The molecule has 0 saturated carbocycles. The molecular formula is C22H24N4O2. The van der Waals surface area contributed by atoms with Gasteiger partial charge in [-0.2, -0.15) is 5.10 Å². The lowest BCUT2D eigenvalue weighted by Crippen LogP contribution is -2.49. The number of nitrogens with zero attached hydrogens (tertiary/aromatic N) is 3. The molecule has 0 atom stereocenters. The summed E-state index contributed by atoms with van der Waals surface area (Å²) in [5.41, 5.74) is 3.65. The molecule has 1 amide bonds. The molecular weight excluding hydrogens is 352 g/mol. The van der Waals surface area contributed by atoms with Crippen molar-refractivity contribution in [3.63, 3.8) is 0 Å². The van der Waals surface area contributed by atoms with E-state index in [-0.39, 0.29) is 12.5 Å². The fourth-order valence-corrected chi connectivity index (χ4v) is 3.52. The van der Waals surface area contributed by atoms with E-state index in [1.54, 1.807) is 0 Å². The maximum atomic E-state index is 12.7. The Hall–Kier alpha value is -2.96. The molecule has 0 aliphatic carbocycles. The number of benzene rings is 2. The second-order valence-corrected chi connectivity index (χ2v) is 6.97. The largest absolute Gasteiger partial charge is 0.395 e. The molecule has 2 aromatic carbocycles. The van der Waals surface area contributed by atoms with Crippen LogP contribution in [0.1, 0.15) is 21.6 Å². The molecule has 0 unspecified atom stereocenters. The lowest BCUT2D eigenvalue weighted by molar-refractivity contribution is 0.0615. The van der Waals surface area contributed by atoms with E-state index in [9.17, 15) is 4.79 Å². The molecule has 0 radical (unpaired) electrons. The Kier molecular flexibility index (Phi) is 5.50. The van der Waals surface area contributed by atoms with Crippen LogP contribution in [0, 0.1) is 0 Å². The third-order valence-corrected chi connectivity index (χ3v) is 5.17. The number of piperazine rings is 1. The van der Waals surface area contributed by atoms with Crippen LogP contribution in [0.2, 0.25) is 0 Å². The molecule has 3 aromatic rings. The molecule has 1 aliphatic rings. The smallest absolute Gasteiger partial charge is 0.253 e. The van der Waals surface area contributed by atoms with Crippen LogP contribution in [-0.4, -0.2) is 70.3 Å². The SMILES string of the molecule is O=C(c1ccc(C=Cc2n[nH]c3ccccc23)cc1)N1CCN(CCO)CC1. The first-order chi connectivity index (χ1) is 13.7.